The smallest absolute Gasteiger partial charge is 0.315 e. The first-order valence-corrected chi connectivity index (χ1v) is 6.95. The molecule has 0 amide bonds. The quantitative estimate of drug-likeness (QED) is 0.897. The number of nitrogens with zero attached hydrogens (tertiary/aromatic N) is 1. The van der Waals surface area contributed by atoms with Gasteiger partial charge in [-0.3, -0.25) is 4.79 Å². The number of carbonyl (C=O) groups is 1. The van der Waals surface area contributed by atoms with E-state index in [1.54, 1.807) is 25.2 Å². The van der Waals surface area contributed by atoms with Crippen molar-refractivity contribution >= 4 is 17.3 Å². The van der Waals surface area contributed by atoms with Crippen molar-refractivity contribution in [1.29, 1.82) is 0 Å². The minimum atomic E-state index is -0.878. The number of thiazole rings is 1. The van der Waals surface area contributed by atoms with Crippen molar-refractivity contribution < 1.29 is 9.90 Å². The summed E-state index contributed by atoms with van der Waals surface area (Å²) < 4.78 is 0. The number of aromatic nitrogens is 1. The van der Waals surface area contributed by atoms with Crippen molar-refractivity contribution in [3.63, 3.8) is 0 Å². The van der Waals surface area contributed by atoms with Crippen LogP contribution in [0.2, 0.25) is 0 Å². The zero-order chi connectivity index (χ0) is 12.6. The highest BCUT2D eigenvalue weighted by Gasteiger charge is 2.35. The second kappa shape index (κ2) is 4.41. The summed E-state index contributed by atoms with van der Waals surface area (Å²) in [7, 11) is 0. The Hall–Kier alpha value is -0.900. The molecule has 4 heteroatoms. The third kappa shape index (κ3) is 2.23. The number of aliphatic carboxylic acids is 1. The van der Waals surface area contributed by atoms with E-state index in [9.17, 15) is 9.90 Å². The van der Waals surface area contributed by atoms with Crippen LogP contribution in [-0.2, 0) is 10.2 Å². The van der Waals surface area contributed by atoms with E-state index >= 15 is 0 Å². The Kier molecular flexibility index (Phi) is 3.25. The Morgan fingerprint density at radius 3 is 2.53 bits per heavy atom. The van der Waals surface area contributed by atoms with Crippen LogP contribution in [0.3, 0.4) is 0 Å². The molecule has 1 aromatic rings. The minimum absolute atomic E-state index is 0.567. The molecule has 0 radical (unpaired) electrons. The summed E-state index contributed by atoms with van der Waals surface area (Å²) in [5, 5.41) is 10.4. The summed E-state index contributed by atoms with van der Waals surface area (Å²) in [6.07, 6.45) is 4.97. The maximum Gasteiger partial charge on any atom is 0.315 e. The second-order valence-corrected chi connectivity index (χ2v) is 6.60. The van der Waals surface area contributed by atoms with Crippen LogP contribution in [0.5, 0.6) is 0 Å². The molecule has 0 spiro atoms. The molecule has 1 aromatic heterocycles. The van der Waals surface area contributed by atoms with Crippen molar-refractivity contribution in [2.75, 3.05) is 0 Å². The highest BCUT2D eigenvalue weighted by molar-refractivity contribution is 7.11. The van der Waals surface area contributed by atoms with Gasteiger partial charge in [-0.15, -0.1) is 11.3 Å². The summed E-state index contributed by atoms with van der Waals surface area (Å²) in [5.74, 6) is -0.235. The van der Waals surface area contributed by atoms with Crippen LogP contribution in [0.4, 0.5) is 0 Å². The topological polar surface area (TPSA) is 50.2 Å². The number of hydrogen-bond acceptors (Lipinski definition) is 3. The Morgan fingerprint density at radius 1 is 1.41 bits per heavy atom. The van der Waals surface area contributed by atoms with Gasteiger partial charge in [0.2, 0.25) is 0 Å². The summed E-state index contributed by atoms with van der Waals surface area (Å²) in [4.78, 5) is 16.9. The van der Waals surface area contributed by atoms with Crippen LogP contribution in [-0.4, -0.2) is 16.1 Å². The fraction of sp³-hybridized carbons (Fsp3) is 0.692. The van der Waals surface area contributed by atoms with Crippen molar-refractivity contribution in [2.45, 2.75) is 57.8 Å². The Bertz CT molecular complexity index is 431. The van der Waals surface area contributed by atoms with Gasteiger partial charge in [-0.05, 0) is 33.6 Å². The first kappa shape index (κ1) is 12.6. The van der Waals surface area contributed by atoms with Crippen molar-refractivity contribution in [2.24, 2.45) is 0 Å². The molecule has 1 N–H and O–H groups in total. The predicted octanol–water partition coefficient (Wildman–Crippen LogP) is 3.47. The number of hydrogen-bond donors (Lipinski definition) is 1. The zero-order valence-corrected chi connectivity index (χ0v) is 11.4. The molecule has 94 valence electrons. The lowest BCUT2D eigenvalue weighted by Crippen LogP contribution is -2.29. The zero-order valence-electron chi connectivity index (χ0n) is 10.6. The maximum absolute atomic E-state index is 11.3. The van der Waals surface area contributed by atoms with Gasteiger partial charge in [0.25, 0.3) is 0 Å². The van der Waals surface area contributed by atoms with E-state index < -0.39 is 11.4 Å². The molecular formula is C13H19NO2S. The lowest BCUT2D eigenvalue weighted by molar-refractivity contribution is -0.142. The van der Waals surface area contributed by atoms with Crippen LogP contribution >= 0.6 is 11.3 Å². The number of aryl methyl sites for hydroxylation is 1. The molecule has 0 unspecified atom stereocenters. The normalized spacial score (nSPS) is 17.6. The fourth-order valence-electron chi connectivity index (χ4n) is 2.45. The predicted molar refractivity (Wildman–Crippen MR) is 68.7 cm³/mol. The molecule has 2 rings (SSSR count). The van der Waals surface area contributed by atoms with E-state index in [1.807, 2.05) is 6.92 Å². The van der Waals surface area contributed by atoms with Crippen LogP contribution in [0.15, 0.2) is 0 Å². The second-order valence-electron chi connectivity index (χ2n) is 5.37. The Balaban J connectivity index is 2.33. The van der Waals surface area contributed by atoms with Crippen LogP contribution in [0, 0.1) is 6.92 Å². The fourth-order valence-corrected chi connectivity index (χ4v) is 3.70. The van der Waals surface area contributed by atoms with Gasteiger partial charge in [-0.25, -0.2) is 4.98 Å². The largest absolute Gasteiger partial charge is 0.481 e. The van der Waals surface area contributed by atoms with E-state index in [2.05, 4.69) is 4.98 Å². The first-order valence-electron chi connectivity index (χ1n) is 6.14. The van der Waals surface area contributed by atoms with E-state index in [-0.39, 0.29) is 0 Å². The third-order valence-electron chi connectivity index (χ3n) is 3.64. The molecule has 0 aliphatic heterocycles. The van der Waals surface area contributed by atoms with Crippen LogP contribution in [0.1, 0.15) is 61.0 Å². The molecule has 1 saturated carbocycles. The third-order valence-corrected chi connectivity index (χ3v) is 4.78. The SMILES string of the molecule is Cc1sc(C2CCCC2)nc1C(C)(C)C(=O)O. The van der Waals surface area contributed by atoms with E-state index in [4.69, 9.17) is 0 Å². The summed E-state index contributed by atoms with van der Waals surface area (Å²) in [5.41, 5.74) is -0.130. The lowest BCUT2D eigenvalue weighted by atomic mass is 9.89. The summed E-state index contributed by atoms with van der Waals surface area (Å²) >= 11 is 1.68. The van der Waals surface area contributed by atoms with Gasteiger partial charge in [-0.1, -0.05) is 12.8 Å². The number of carboxylic acid groups (broad SMARTS) is 1. The highest BCUT2D eigenvalue weighted by atomic mass is 32.1. The van der Waals surface area contributed by atoms with Gasteiger partial charge in [0.05, 0.1) is 10.7 Å². The maximum atomic E-state index is 11.3. The Labute approximate surface area is 106 Å². The van der Waals surface area contributed by atoms with Gasteiger partial charge < -0.3 is 5.11 Å². The molecule has 3 nitrogen and oxygen atoms in total. The van der Waals surface area contributed by atoms with Gasteiger partial charge in [-0.2, -0.15) is 0 Å². The molecule has 0 saturated heterocycles. The average molecular weight is 253 g/mol. The monoisotopic (exact) mass is 253 g/mol. The standard InChI is InChI=1S/C13H19NO2S/c1-8-10(13(2,3)12(15)16)14-11(17-8)9-6-4-5-7-9/h9H,4-7H2,1-3H3,(H,15,16). The van der Waals surface area contributed by atoms with Crippen molar-refractivity contribution in [3.05, 3.63) is 15.6 Å². The number of carboxylic acids is 1. The van der Waals surface area contributed by atoms with Crippen LogP contribution in [0.25, 0.3) is 0 Å². The molecule has 0 bridgehead atoms. The van der Waals surface area contributed by atoms with E-state index in [1.165, 1.54) is 25.7 Å². The van der Waals surface area contributed by atoms with E-state index in [0.717, 1.165) is 15.6 Å². The molecule has 1 aliphatic rings. The summed E-state index contributed by atoms with van der Waals surface area (Å²) in [6.45, 7) is 5.45. The van der Waals surface area contributed by atoms with Gasteiger partial charge in [0, 0.05) is 10.8 Å². The molecule has 0 atom stereocenters. The number of rotatable bonds is 3. The molecule has 1 aliphatic carbocycles. The van der Waals surface area contributed by atoms with Crippen molar-refractivity contribution in [1.82, 2.24) is 4.98 Å². The lowest BCUT2D eigenvalue weighted by Gasteiger charge is -2.17. The molecule has 1 fully saturated rings. The van der Waals surface area contributed by atoms with Gasteiger partial charge in [0.1, 0.15) is 5.41 Å². The molecule has 1 heterocycles. The first-order chi connectivity index (χ1) is 7.93. The highest BCUT2D eigenvalue weighted by Crippen LogP contribution is 2.39. The average Bonchev–Trinajstić information content (AvgIpc) is 2.85. The Morgan fingerprint density at radius 2 is 2.00 bits per heavy atom. The molecule has 0 aromatic carbocycles. The van der Waals surface area contributed by atoms with Gasteiger partial charge >= 0.3 is 5.97 Å². The van der Waals surface area contributed by atoms with Crippen molar-refractivity contribution in [3.8, 4) is 0 Å². The molecular weight excluding hydrogens is 234 g/mol. The minimum Gasteiger partial charge on any atom is -0.481 e. The summed E-state index contributed by atoms with van der Waals surface area (Å²) in [6, 6.07) is 0. The van der Waals surface area contributed by atoms with Gasteiger partial charge in [0.15, 0.2) is 0 Å². The van der Waals surface area contributed by atoms with E-state index in [0.29, 0.717) is 5.92 Å². The van der Waals surface area contributed by atoms with Crippen LogP contribution < -0.4 is 0 Å². The molecule has 17 heavy (non-hydrogen) atoms.